The number of hydrogen-bond acceptors (Lipinski definition) is 4. The molecular weight excluding hydrogens is 469 g/mol. The van der Waals surface area contributed by atoms with Gasteiger partial charge in [0.05, 0.1) is 21.5 Å². The predicted molar refractivity (Wildman–Crippen MR) is 124 cm³/mol. The Morgan fingerprint density at radius 2 is 1.68 bits per heavy atom. The van der Waals surface area contributed by atoms with Crippen LogP contribution in [0, 0.1) is 0 Å². The summed E-state index contributed by atoms with van der Waals surface area (Å²) in [5, 5.41) is 0. The number of carbonyl (C=O) groups is 1. The normalized spacial score (nSPS) is 12.5. The molecule has 0 bridgehead atoms. The Kier molecular flexibility index (Phi) is 7.37. The summed E-state index contributed by atoms with van der Waals surface area (Å²) >= 11 is 0. The Labute approximate surface area is 196 Å². The van der Waals surface area contributed by atoms with E-state index in [1.165, 1.54) is 34.5 Å². The molecule has 34 heavy (non-hydrogen) atoms. The lowest BCUT2D eigenvalue weighted by Crippen LogP contribution is -2.30. The van der Waals surface area contributed by atoms with Crippen molar-refractivity contribution >= 4 is 32.7 Å². The molecule has 0 aliphatic rings. The van der Waals surface area contributed by atoms with Crippen molar-refractivity contribution in [3.05, 3.63) is 53.9 Å². The molecule has 11 heteroatoms. The average Bonchev–Trinajstić information content (AvgIpc) is 3.12. The summed E-state index contributed by atoms with van der Waals surface area (Å²) in [7, 11) is -0.334. The monoisotopic (exact) mass is 496 g/mol. The summed E-state index contributed by atoms with van der Waals surface area (Å²) in [6.07, 6.45) is -4.07. The van der Waals surface area contributed by atoms with E-state index < -0.39 is 21.8 Å². The van der Waals surface area contributed by atoms with Crippen molar-refractivity contribution in [3.63, 3.8) is 0 Å². The molecule has 184 valence electrons. The molecule has 3 rings (SSSR count). The van der Waals surface area contributed by atoms with Crippen LogP contribution in [0.2, 0.25) is 0 Å². The van der Waals surface area contributed by atoms with Crippen LogP contribution in [0.3, 0.4) is 0 Å². The number of aryl methyl sites for hydroxylation is 2. The average molecular weight is 497 g/mol. The molecule has 0 fully saturated rings. The molecule has 0 atom stereocenters. The number of sulfonamides is 1. The van der Waals surface area contributed by atoms with Gasteiger partial charge in [-0.3, -0.25) is 4.79 Å². The zero-order valence-corrected chi connectivity index (χ0v) is 20.2. The molecule has 0 aliphatic heterocycles. The summed E-state index contributed by atoms with van der Waals surface area (Å²) in [5.74, 6) is 0.318. The molecule has 1 heterocycles. The summed E-state index contributed by atoms with van der Waals surface area (Å²) in [4.78, 5) is 18.6. The number of alkyl halides is 3. The molecule has 1 amide bonds. The first-order valence-corrected chi connectivity index (χ1v) is 12.2. The van der Waals surface area contributed by atoms with Gasteiger partial charge in [0.25, 0.3) is 0 Å². The van der Waals surface area contributed by atoms with Gasteiger partial charge in [-0.25, -0.2) is 13.4 Å². The van der Waals surface area contributed by atoms with Gasteiger partial charge in [0.1, 0.15) is 5.82 Å². The number of anilines is 1. The molecule has 7 nitrogen and oxygen atoms in total. The number of fused-ring (bicyclic) bond motifs is 1. The second kappa shape index (κ2) is 9.75. The molecule has 1 aromatic heterocycles. The van der Waals surface area contributed by atoms with Crippen molar-refractivity contribution in [2.24, 2.45) is 7.05 Å². The fourth-order valence-electron chi connectivity index (χ4n) is 3.73. The van der Waals surface area contributed by atoms with Crippen LogP contribution in [0.4, 0.5) is 18.9 Å². The van der Waals surface area contributed by atoms with Crippen LogP contribution in [0.25, 0.3) is 11.0 Å². The molecule has 0 saturated heterocycles. The zero-order chi connectivity index (χ0) is 25.3. The van der Waals surface area contributed by atoms with Gasteiger partial charge in [-0.1, -0.05) is 13.8 Å². The van der Waals surface area contributed by atoms with Crippen molar-refractivity contribution < 1.29 is 26.4 Å². The summed E-state index contributed by atoms with van der Waals surface area (Å²) in [6.45, 7) is 4.27. The van der Waals surface area contributed by atoms with E-state index in [0.29, 0.717) is 30.1 Å². The highest BCUT2D eigenvalue weighted by Crippen LogP contribution is 2.30. The molecular formula is C23H27F3N4O3S. The fourth-order valence-corrected chi connectivity index (χ4v) is 5.21. The van der Waals surface area contributed by atoms with Gasteiger partial charge in [-0.2, -0.15) is 17.5 Å². The lowest BCUT2D eigenvalue weighted by Gasteiger charge is -2.18. The van der Waals surface area contributed by atoms with Crippen LogP contribution in [-0.4, -0.2) is 48.3 Å². The summed E-state index contributed by atoms with van der Waals surface area (Å²) in [5.41, 5.74) is 0.819. The molecule has 3 aromatic rings. The van der Waals surface area contributed by atoms with Crippen LogP contribution in [-0.2, 0) is 34.5 Å². The highest BCUT2D eigenvalue weighted by Gasteiger charge is 2.30. The third-order valence-electron chi connectivity index (χ3n) is 5.81. The molecule has 0 unspecified atom stereocenters. The number of aromatic nitrogens is 2. The highest BCUT2D eigenvalue weighted by molar-refractivity contribution is 7.89. The maximum atomic E-state index is 12.8. The second-order valence-corrected chi connectivity index (χ2v) is 9.76. The van der Waals surface area contributed by atoms with E-state index >= 15 is 0 Å². The first-order chi connectivity index (χ1) is 15.9. The van der Waals surface area contributed by atoms with Gasteiger partial charge >= 0.3 is 6.18 Å². The third-order valence-corrected chi connectivity index (χ3v) is 7.85. The lowest BCUT2D eigenvalue weighted by atomic mass is 10.2. The number of halogens is 3. The van der Waals surface area contributed by atoms with Crippen molar-refractivity contribution in [2.75, 3.05) is 25.0 Å². The van der Waals surface area contributed by atoms with Crippen molar-refractivity contribution in [3.8, 4) is 0 Å². The van der Waals surface area contributed by atoms with E-state index in [9.17, 15) is 26.4 Å². The number of nitrogens with zero attached hydrogens (tertiary/aromatic N) is 4. The Bertz CT molecular complexity index is 1280. The Morgan fingerprint density at radius 3 is 2.24 bits per heavy atom. The van der Waals surface area contributed by atoms with Crippen molar-refractivity contribution in [1.82, 2.24) is 13.9 Å². The molecule has 2 aromatic carbocycles. The minimum atomic E-state index is -4.44. The number of amides is 1. The van der Waals surface area contributed by atoms with Crippen LogP contribution >= 0.6 is 0 Å². The Balaban J connectivity index is 1.76. The summed E-state index contributed by atoms with van der Waals surface area (Å²) in [6, 6.07) is 9.16. The standard InChI is InChI=1S/C23H27F3N4O3S/c1-5-30(6-2)34(32,33)18-11-12-20-19(15-18)27-21(29(20)4)13-14-22(31)28(3)17-9-7-16(8-10-17)23(24,25)26/h7-12,15H,5-6,13-14H2,1-4H3. The van der Waals surface area contributed by atoms with Crippen LogP contribution in [0.1, 0.15) is 31.7 Å². The van der Waals surface area contributed by atoms with Gasteiger partial charge in [-0.15, -0.1) is 0 Å². The number of benzene rings is 2. The number of carbonyl (C=O) groups excluding carboxylic acids is 1. The fraction of sp³-hybridized carbons (Fsp3) is 0.391. The van der Waals surface area contributed by atoms with Crippen molar-refractivity contribution in [1.29, 1.82) is 0 Å². The largest absolute Gasteiger partial charge is 0.416 e. The SMILES string of the molecule is CCN(CC)S(=O)(=O)c1ccc2c(c1)nc(CCC(=O)N(C)c1ccc(C(F)(F)F)cc1)n2C. The first kappa shape index (κ1) is 25.7. The molecule has 0 spiro atoms. The van der Waals surface area contributed by atoms with E-state index in [0.717, 1.165) is 17.6 Å². The highest BCUT2D eigenvalue weighted by atomic mass is 32.2. The van der Waals surface area contributed by atoms with E-state index in [-0.39, 0.29) is 23.6 Å². The maximum Gasteiger partial charge on any atom is 0.416 e. The predicted octanol–water partition coefficient (Wildman–Crippen LogP) is 4.22. The van der Waals surface area contributed by atoms with Crippen LogP contribution < -0.4 is 4.90 Å². The Hall–Kier alpha value is -2.92. The van der Waals surface area contributed by atoms with Gasteiger partial charge < -0.3 is 9.47 Å². The third kappa shape index (κ3) is 5.10. The van der Waals surface area contributed by atoms with Gasteiger partial charge in [0.2, 0.25) is 15.9 Å². The van der Waals surface area contributed by atoms with E-state index in [2.05, 4.69) is 4.98 Å². The lowest BCUT2D eigenvalue weighted by molar-refractivity contribution is -0.137. The minimum absolute atomic E-state index is 0.0826. The topological polar surface area (TPSA) is 75.5 Å². The van der Waals surface area contributed by atoms with E-state index in [1.54, 1.807) is 37.6 Å². The van der Waals surface area contributed by atoms with Gasteiger partial charge in [0.15, 0.2) is 0 Å². The van der Waals surface area contributed by atoms with E-state index in [1.807, 2.05) is 0 Å². The van der Waals surface area contributed by atoms with Crippen molar-refractivity contribution in [2.45, 2.75) is 37.8 Å². The van der Waals surface area contributed by atoms with Crippen LogP contribution in [0.15, 0.2) is 47.4 Å². The smallest absolute Gasteiger partial charge is 0.331 e. The summed E-state index contributed by atoms with van der Waals surface area (Å²) < 4.78 is 67.0. The quantitative estimate of drug-likeness (QED) is 0.468. The minimum Gasteiger partial charge on any atom is -0.331 e. The molecule has 0 saturated carbocycles. The number of imidazole rings is 1. The Morgan fingerprint density at radius 1 is 1.06 bits per heavy atom. The molecule has 0 radical (unpaired) electrons. The maximum absolute atomic E-state index is 12.8. The van der Waals surface area contributed by atoms with E-state index in [4.69, 9.17) is 0 Å². The number of hydrogen-bond donors (Lipinski definition) is 0. The molecule has 0 aliphatic carbocycles. The van der Waals surface area contributed by atoms with Crippen LogP contribution in [0.5, 0.6) is 0 Å². The second-order valence-electron chi connectivity index (χ2n) is 7.82. The molecule has 0 N–H and O–H groups in total. The number of rotatable bonds is 8. The van der Waals surface area contributed by atoms with Gasteiger partial charge in [0, 0.05) is 45.7 Å². The zero-order valence-electron chi connectivity index (χ0n) is 19.4. The first-order valence-electron chi connectivity index (χ1n) is 10.8. The van der Waals surface area contributed by atoms with Gasteiger partial charge in [-0.05, 0) is 42.5 Å².